The second kappa shape index (κ2) is 13.0. The molecule has 1 aliphatic carbocycles. The molecule has 14 heteroatoms. The number of carbonyl (C=O) groups is 2. The van der Waals surface area contributed by atoms with Crippen LogP contribution in [0.2, 0.25) is 5.02 Å². The average molecular weight is 627 g/mol. The van der Waals surface area contributed by atoms with Gasteiger partial charge in [0.05, 0.1) is 18.1 Å². The second-order valence-electron chi connectivity index (χ2n) is 13.2. The van der Waals surface area contributed by atoms with E-state index < -0.39 is 26.5 Å². The third kappa shape index (κ3) is 8.62. The molecule has 0 spiro atoms. The quantitative estimate of drug-likeness (QED) is 0.406. The number of nitrogens with one attached hydrogen (secondary N) is 2. The van der Waals surface area contributed by atoms with Gasteiger partial charge in [0.2, 0.25) is 17.7 Å². The summed E-state index contributed by atoms with van der Waals surface area (Å²) in [6.45, 7) is 4.79. The lowest BCUT2D eigenvalue weighted by molar-refractivity contribution is -0.135. The van der Waals surface area contributed by atoms with Gasteiger partial charge in [-0.3, -0.25) is 9.59 Å². The third-order valence-electron chi connectivity index (χ3n) is 9.53. The standard InChI is InChI=1S/C28H43B2ClF2N4O4S/c1-26(6-8-27(32,33)9-7-26)17-24(38)35-19-25(39)36-10-12-37(13-11-36)28(29,30)22-16-21(31)2-3-23(22)34-18-20-4-14-42(40,41)15-5-20/h2-3,16,20,34H,4-15,17-19,29-30H2,1H3,(H,35,38). The summed E-state index contributed by atoms with van der Waals surface area (Å²) < 4.78 is 50.6. The van der Waals surface area contributed by atoms with Crippen molar-refractivity contribution in [3.8, 4) is 0 Å². The lowest BCUT2D eigenvalue weighted by Gasteiger charge is -2.45. The van der Waals surface area contributed by atoms with Gasteiger partial charge in [0.25, 0.3) is 0 Å². The van der Waals surface area contributed by atoms with Crippen LogP contribution < -0.4 is 10.6 Å². The van der Waals surface area contributed by atoms with E-state index >= 15 is 0 Å². The molecule has 8 nitrogen and oxygen atoms in total. The van der Waals surface area contributed by atoms with Crippen LogP contribution >= 0.6 is 11.6 Å². The Kier molecular flexibility index (Phi) is 10.2. The Morgan fingerprint density at radius 1 is 1.07 bits per heavy atom. The first-order valence-corrected chi connectivity index (χ1v) is 17.2. The maximum Gasteiger partial charge on any atom is 0.248 e. The molecule has 2 aliphatic heterocycles. The number of nitrogens with zero attached hydrogens (tertiary/aromatic N) is 2. The highest BCUT2D eigenvalue weighted by Gasteiger charge is 2.42. The first-order valence-electron chi connectivity index (χ1n) is 15.0. The van der Waals surface area contributed by atoms with E-state index in [4.69, 9.17) is 11.6 Å². The molecule has 2 N–H and O–H groups in total. The molecule has 0 radical (unpaired) electrons. The maximum absolute atomic E-state index is 13.5. The SMILES string of the molecule is BC(B)(c1cc(Cl)ccc1NCC1CCS(=O)(=O)CC1)N1CCN(C(=O)CNC(=O)CC2(C)CCC(F)(F)CC2)CC1. The minimum atomic E-state index is -2.90. The summed E-state index contributed by atoms with van der Waals surface area (Å²) >= 11 is 6.42. The van der Waals surface area contributed by atoms with E-state index in [-0.39, 0.29) is 49.1 Å². The van der Waals surface area contributed by atoms with Crippen LogP contribution in [0.5, 0.6) is 0 Å². The first kappa shape index (κ1) is 33.1. The molecule has 1 saturated carbocycles. The van der Waals surface area contributed by atoms with E-state index in [1.165, 1.54) is 0 Å². The molecule has 0 atom stereocenters. The summed E-state index contributed by atoms with van der Waals surface area (Å²) in [5.74, 6) is -2.29. The highest BCUT2D eigenvalue weighted by Crippen LogP contribution is 2.45. The van der Waals surface area contributed by atoms with Crippen molar-refractivity contribution in [2.24, 2.45) is 11.3 Å². The van der Waals surface area contributed by atoms with E-state index in [0.717, 1.165) is 11.3 Å². The van der Waals surface area contributed by atoms with Gasteiger partial charge in [-0.2, -0.15) is 0 Å². The largest absolute Gasteiger partial charge is 0.385 e. The molecule has 2 saturated heterocycles. The van der Waals surface area contributed by atoms with Crippen LogP contribution in [0.4, 0.5) is 14.5 Å². The van der Waals surface area contributed by atoms with Crippen LogP contribution in [0.3, 0.4) is 0 Å². The van der Waals surface area contributed by atoms with Crippen molar-refractivity contribution >= 4 is 54.6 Å². The van der Waals surface area contributed by atoms with Crippen LogP contribution in [-0.2, 0) is 24.8 Å². The zero-order chi connectivity index (χ0) is 30.8. The topological polar surface area (TPSA) is 98.8 Å². The number of anilines is 1. The Labute approximate surface area is 255 Å². The van der Waals surface area contributed by atoms with E-state index in [2.05, 4.69) is 31.2 Å². The summed E-state index contributed by atoms with van der Waals surface area (Å²) in [6, 6.07) is 5.79. The maximum atomic E-state index is 13.5. The van der Waals surface area contributed by atoms with E-state index in [0.29, 0.717) is 69.3 Å². The smallest absolute Gasteiger partial charge is 0.248 e. The van der Waals surface area contributed by atoms with Crippen molar-refractivity contribution in [3.05, 3.63) is 28.8 Å². The molecular weight excluding hydrogens is 583 g/mol. The first-order chi connectivity index (χ1) is 19.6. The Morgan fingerprint density at radius 2 is 1.69 bits per heavy atom. The van der Waals surface area contributed by atoms with Crippen LogP contribution in [0.1, 0.15) is 57.4 Å². The number of rotatable bonds is 9. The molecule has 4 rings (SSSR count). The number of piperazine rings is 1. The molecule has 1 aromatic carbocycles. The Hall–Kier alpha value is -1.85. The van der Waals surface area contributed by atoms with Gasteiger partial charge in [-0.15, -0.1) is 0 Å². The monoisotopic (exact) mass is 626 g/mol. The molecule has 2 amide bonds. The van der Waals surface area contributed by atoms with Gasteiger partial charge in [0.15, 0.2) is 0 Å². The van der Waals surface area contributed by atoms with E-state index in [1.807, 2.05) is 25.1 Å². The fourth-order valence-corrected chi connectivity index (χ4v) is 8.15. The summed E-state index contributed by atoms with van der Waals surface area (Å²) in [6.07, 6.45) is 1.68. The van der Waals surface area contributed by atoms with Gasteiger partial charge in [-0.25, -0.2) is 17.2 Å². The van der Waals surface area contributed by atoms with Crippen molar-refractivity contribution in [2.45, 2.75) is 63.1 Å². The molecule has 0 aromatic heterocycles. The molecule has 3 aliphatic rings. The van der Waals surface area contributed by atoms with Crippen molar-refractivity contribution in [1.82, 2.24) is 15.1 Å². The van der Waals surface area contributed by atoms with Gasteiger partial charge in [0, 0.05) is 62.7 Å². The zero-order valence-electron chi connectivity index (χ0n) is 25.0. The predicted molar refractivity (Wildman–Crippen MR) is 167 cm³/mol. The van der Waals surface area contributed by atoms with Crippen LogP contribution in [0, 0.1) is 11.3 Å². The zero-order valence-corrected chi connectivity index (χ0v) is 26.6. The number of alkyl halides is 2. The molecule has 0 bridgehead atoms. The lowest BCUT2D eigenvalue weighted by atomic mass is 9.56. The van der Waals surface area contributed by atoms with Crippen LogP contribution in [0.15, 0.2) is 18.2 Å². The summed E-state index contributed by atoms with van der Waals surface area (Å²) in [7, 11) is 1.37. The van der Waals surface area contributed by atoms with Crippen LogP contribution in [-0.4, -0.2) is 102 Å². The second-order valence-corrected chi connectivity index (χ2v) is 16.0. The number of amides is 2. The molecule has 42 heavy (non-hydrogen) atoms. The number of sulfone groups is 1. The minimum Gasteiger partial charge on any atom is -0.385 e. The summed E-state index contributed by atoms with van der Waals surface area (Å²) in [5.41, 5.74) is 1.55. The fourth-order valence-electron chi connectivity index (χ4n) is 6.39. The Morgan fingerprint density at radius 3 is 2.31 bits per heavy atom. The van der Waals surface area contributed by atoms with Gasteiger partial charge in [-0.1, -0.05) is 18.5 Å². The van der Waals surface area contributed by atoms with Crippen molar-refractivity contribution in [1.29, 1.82) is 0 Å². The number of benzene rings is 1. The lowest BCUT2D eigenvalue weighted by Crippen LogP contribution is -2.58. The third-order valence-corrected chi connectivity index (χ3v) is 11.5. The number of hydrogen-bond donors (Lipinski definition) is 2. The van der Waals surface area contributed by atoms with Gasteiger partial charge in [-0.05, 0) is 66.1 Å². The molecule has 232 valence electrons. The number of halogens is 3. The predicted octanol–water partition coefficient (Wildman–Crippen LogP) is 1.82. The number of carbonyl (C=O) groups excluding carboxylic acids is 2. The normalized spacial score (nSPS) is 22.8. The Balaban J connectivity index is 1.27. The molecule has 1 aromatic rings. The van der Waals surface area contributed by atoms with Crippen molar-refractivity contribution < 1.29 is 26.8 Å². The highest BCUT2D eigenvalue weighted by atomic mass is 35.5. The highest BCUT2D eigenvalue weighted by molar-refractivity contribution is 7.91. The van der Waals surface area contributed by atoms with E-state index in [9.17, 15) is 26.8 Å². The van der Waals surface area contributed by atoms with Crippen molar-refractivity contribution in [2.75, 3.05) is 56.1 Å². The van der Waals surface area contributed by atoms with E-state index in [1.54, 1.807) is 4.90 Å². The van der Waals surface area contributed by atoms with Gasteiger partial charge in [0.1, 0.15) is 25.5 Å². The average Bonchev–Trinajstić information content (AvgIpc) is 2.93. The Bertz CT molecular complexity index is 1240. The fraction of sp³-hybridized carbons (Fsp3) is 0.714. The summed E-state index contributed by atoms with van der Waals surface area (Å²) in [4.78, 5) is 29.5. The molecule has 3 fully saturated rings. The molecule has 0 unspecified atom stereocenters. The number of hydrogen-bond acceptors (Lipinski definition) is 6. The molecule has 2 heterocycles. The van der Waals surface area contributed by atoms with Gasteiger partial charge < -0.3 is 20.4 Å². The minimum absolute atomic E-state index is 0.0979. The van der Waals surface area contributed by atoms with Crippen LogP contribution in [0.25, 0.3) is 0 Å². The van der Waals surface area contributed by atoms with Crippen molar-refractivity contribution in [3.63, 3.8) is 0 Å². The summed E-state index contributed by atoms with van der Waals surface area (Å²) in [5, 5.41) is 6.50. The molecular formula is C28H43B2ClF2N4O4S. The van der Waals surface area contributed by atoms with Gasteiger partial charge >= 0.3 is 0 Å².